The molecule has 0 spiro atoms. The number of carbonyl (C=O) groups is 1. The van der Waals surface area contributed by atoms with Gasteiger partial charge in [0, 0.05) is 42.8 Å². The molecule has 1 atom stereocenters. The minimum absolute atomic E-state index is 0.185. The normalized spacial score (nSPS) is 18.1. The summed E-state index contributed by atoms with van der Waals surface area (Å²) in [6.45, 7) is 8.53. The van der Waals surface area contributed by atoms with Crippen molar-refractivity contribution in [3.8, 4) is 0 Å². The van der Waals surface area contributed by atoms with Crippen molar-refractivity contribution in [1.82, 2.24) is 4.90 Å². The van der Waals surface area contributed by atoms with Crippen LogP contribution in [0.2, 0.25) is 5.02 Å². The van der Waals surface area contributed by atoms with Gasteiger partial charge in [-0.2, -0.15) is 0 Å². The number of hydrogen-bond acceptors (Lipinski definition) is 3. The Morgan fingerprint density at radius 3 is 2.35 bits per heavy atom. The van der Waals surface area contributed by atoms with Crippen molar-refractivity contribution in [2.24, 2.45) is 5.92 Å². The van der Waals surface area contributed by atoms with Gasteiger partial charge in [-0.3, -0.25) is 9.69 Å². The molecule has 0 amide bonds. The third kappa shape index (κ3) is 3.97. The van der Waals surface area contributed by atoms with Gasteiger partial charge in [0.2, 0.25) is 0 Å². The summed E-state index contributed by atoms with van der Waals surface area (Å²) in [7, 11) is 0. The van der Waals surface area contributed by atoms with Crippen molar-refractivity contribution in [3.05, 3.63) is 29.3 Å². The first-order valence-corrected chi connectivity index (χ1v) is 7.73. The molecule has 0 aliphatic carbocycles. The van der Waals surface area contributed by atoms with E-state index in [-0.39, 0.29) is 5.92 Å². The first-order chi connectivity index (χ1) is 9.60. The second kappa shape index (κ2) is 7.09. The van der Waals surface area contributed by atoms with Crippen molar-refractivity contribution in [1.29, 1.82) is 0 Å². The van der Waals surface area contributed by atoms with Gasteiger partial charge in [0.15, 0.2) is 0 Å². The van der Waals surface area contributed by atoms with Crippen molar-refractivity contribution >= 4 is 23.1 Å². The van der Waals surface area contributed by atoms with Crippen LogP contribution in [0.25, 0.3) is 0 Å². The molecular formula is C16H23ClN2O. The summed E-state index contributed by atoms with van der Waals surface area (Å²) >= 11 is 5.91. The lowest BCUT2D eigenvalue weighted by Gasteiger charge is -2.36. The molecule has 1 saturated heterocycles. The number of nitrogens with zero attached hydrogens (tertiary/aromatic N) is 2. The predicted molar refractivity (Wildman–Crippen MR) is 84.6 cm³/mol. The van der Waals surface area contributed by atoms with E-state index in [2.05, 4.69) is 28.9 Å². The molecule has 1 aromatic carbocycles. The van der Waals surface area contributed by atoms with Gasteiger partial charge in [-0.1, -0.05) is 25.4 Å². The lowest BCUT2D eigenvalue weighted by molar-refractivity contribution is -0.123. The lowest BCUT2D eigenvalue weighted by Crippen LogP contribution is -2.48. The molecule has 1 unspecified atom stereocenters. The standard InChI is InChI=1S/C16H23ClN2O/c1-3-13(2)16(20)12-18-8-10-19(11-9-18)15-6-4-14(17)5-7-15/h4-7,13H,3,8-12H2,1-2H3. The molecule has 0 radical (unpaired) electrons. The van der Waals surface area contributed by atoms with Crippen LogP contribution < -0.4 is 4.90 Å². The Bertz CT molecular complexity index is 438. The Hall–Kier alpha value is -1.06. The van der Waals surface area contributed by atoms with Crippen LogP contribution in [0.1, 0.15) is 20.3 Å². The Balaban J connectivity index is 1.83. The maximum absolute atomic E-state index is 12.0. The monoisotopic (exact) mass is 294 g/mol. The summed E-state index contributed by atoms with van der Waals surface area (Å²) in [6, 6.07) is 7.97. The maximum atomic E-state index is 12.0. The van der Waals surface area contributed by atoms with Crippen LogP contribution in [0, 0.1) is 5.92 Å². The minimum Gasteiger partial charge on any atom is -0.369 e. The SMILES string of the molecule is CCC(C)C(=O)CN1CCN(c2ccc(Cl)cc2)CC1. The highest BCUT2D eigenvalue weighted by molar-refractivity contribution is 6.30. The summed E-state index contributed by atoms with van der Waals surface area (Å²) in [6.07, 6.45) is 0.934. The molecule has 4 heteroatoms. The fraction of sp³-hybridized carbons (Fsp3) is 0.562. The van der Waals surface area contributed by atoms with Crippen LogP contribution in [-0.2, 0) is 4.79 Å². The average molecular weight is 295 g/mol. The van der Waals surface area contributed by atoms with Crippen molar-refractivity contribution < 1.29 is 4.79 Å². The van der Waals surface area contributed by atoms with E-state index in [1.807, 2.05) is 19.1 Å². The van der Waals surface area contributed by atoms with E-state index in [9.17, 15) is 4.79 Å². The number of anilines is 1. The highest BCUT2D eigenvalue weighted by Gasteiger charge is 2.20. The lowest BCUT2D eigenvalue weighted by atomic mass is 10.0. The number of Topliss-reactive ketones (excluding diaryl/α,β-unsaturated/α-hetero) is 1. The topological polar surface area (TPSA) is 23.6 Å². The second-order valence-corrected chi connectivity index (χ2v) is 5.95. The molecule has 0 aromatic heterocycles. The van der Waals surface area contributed by atoms with E-state index < -0.39 is 0 Å². The maximum Gasteiger partial charge on any atom is 0.149 e. The van der Waals surface area contributed by atoms with E-state index in [0.717, 1.165) is 37.6 Å². The molecule has 1 aliphatic rings. The molecule has 1 fully saturated rings. The summed E-state index contributed by atoms with van der Waals surface area (Å²) in [5, 5.41) is 0.770. The highest BCUT2D eigenvalue weighted by Crippen LogP contribution is 2.19. The number of hydrogen-bond donors (Lipinski definition) is 0. The summed E-state index contributed by atoms with van der Waals surface area (Å²) in [4.78, 5) is 16.6. The Morgan fingerprint density at radius 2 is 1.80 bits per heavy atom. The van der Waals surface area contributed by atoms with Crippen LogP contribution in [0.15, 0.2) is 24.3 Å². The van der Waals surface area contributed by atoms with E-state index in [0.29, 0.717) is 12.3 Å². The van der Waals surface area contributed by atoms with Gasteiger partial charge in [0.25, 0.3) is 0 Å². The zero-order valence-corrected chi connectivity index (χ0v) is 13.1. The van der Waals surface area contributed by atoms with E-state index in [1.54, 1.807) is 0 Å². The average Bonchev–Trinajstić information content (AvgIpc) is 2.48. The molecule has 110 valence electrons. The molecule has 0 N–H and O–H groups in total. The van der Waals surface area contributed by atoms with Gasteiger partial charge in [0.05, 0.1) is 6.54 Å². The number of ketones is 1. The van der Waals surface area contributed by atoms with E-state index >= 15 is 0 Å². The number of benzene rings is 1. The van der Waals surface area contributed by atoms with Gasteiger partial charge >= 0.3 is 0 Å². The first-order valence-electron chi connectivity index (χ1n) is 7.35. The molecule has 20 heavy (non-hydrogen) atoms. The number of halogens is 1. The van der Waals surface area contributed by atoms with Crippen LogP contribution in [0.3, 0.4) is 0 Å². The van der Waals surface area contributed by atoms with Gasteiger partial charge in [-0.15, -0.1) is 0 Å². The van der Waals surface area contributed by atoms with Crippen LogP contribution in [-0.4, -0.2) is 43.4 Å². The van der Waals surface area contributed by atoms with Crippen LogP contribution in [0.5, 0.6) is 0 Å². The van der Waals surface area contributed by atoms with Gasteiger partial charge in [0.1, 0.15) is 5.78 Å². The van der Waals surface area contributed by atoms with Gasteiger partial charge in [-0.05, 0) is 30.7 Å². The minimum atomic E-state index is 0.185. The van der Waals surface area contributed by atoms with Crippen molar-refractivity contribution in [2.75, 3.05) is 37.6 Å². The third-order valence-corrected chi connectivity index (χ3v) is 4.36. The zero-order chi connectivity index (χ0) is 14.5. The Morgan fingerprint density at radius 1 is 1.20 bits per heavy atom. The molecule has 1 aromatic rings. The van der Waals surface area contributed by atoms with E-state index in [4.69, 9.17) is 11.6 Å². The zero-order valence-electron chi connectivity index (χ0n) is 12.3. The quantitative estimate of drug-likeness (QED) is 0.834. The van der Waals surface area contributed by atoms with Crippen LogP contribution in [0.4, 0.5) is 5.69 Å². The Labute approximate surface area is 126 Å². The molecule has 0 saturated carbocycles. The van der Waals surface area contributed by atoms with E-state index in [1.165, 1.54) is 5.69 Å². The Kier molecular flexibility index (Phi) is 5.44. The molecular weight excluding hydrogens is 272 g/mol. The predicted octanol–water partition coefficient (Wildman–Crippen LogP) is 3.08. The van der Waals surface area contributed by atoms with Crippen LogP contribution >= 0.6 is 11.6 Å². The van der Waals surface area contributed by atoms with Gasteiger partial charge < -0.3 is 4.90 Å². The van der Waals surface area contributed by atoms with Crippen molar-refractivity contribution in [2.45, 2.75) is 20.3 Å². The molecule has 0 bridgehead atoms. The largest absolute Gasteiger partial charge is 0.369 e. The molecule has 3 nitrogen and oxygen atoms in total. The summed E-state index contributed by atoms with van der Waals surface area (Å²) < 4.78 is 0. The molecule has 1 heterocycles. The molecule has 1 aliphatic heterocycles. The third-order valence-electron chi connectivity index (χ3n) is 4.11. The summed E-state index contributed by atoms with van der Waals surface area (Å²) in [5.74, 6) is 0.553. The smallest absolute Gasteiger partial charge is 0.149 e. The van der Waals surface area contributed by atoms with Gasteiger partial charge in [-0.25, -0.2) is 0 Å². The summed E-state index contributed by atoms with van der Waals surface area (Å²) in [5.41, 5.74) is 1.21. The second-order valence-electron chi connectivity index (χ2n) is 5.52. The number of carbonyl (C=O) groups excluding carboxylic acids is 1. The van der Waals surface area contributed by atoms with Crippen molar-refractivity contribution in [3.63, 3.8) is 0 Å². The number of rotatable bonds is 5. The molecule has 2 rings (SSSR count). The first kappa shape index (κ1) is 15.3. The number of piperazine rings is 1. The fourth-order valence-electron chi connectivity index (χ4n) is 2.42. The fourth-order valence-corrected chi connectivity index (χ4v) is 2.55. The highest BCUT2D eigenvalue weighted by atomic mass is 35.5.